The van der Waals surface area contributed by atoms with Gasteiger partial charge >= 0.3 is 5.97 Å². The Kier molecular flexibility index (Phi) is 7.57. The third kappa shape index (κ3) is 5.82. The van der Waals surface area contributed by atoms with Crippen molar-refractivity contribution in [3.05, 3.63) is 106 Å². The number of nitrogens with zero attached hydrogens (tertiary/aromatic N) is 1. The number of para-hydroxylation sites is 1. The summed E-state index contributed by atoms with van der Waals surface area (Å²) in [5, 5.41) is 11.3. The van der Waals surface area contributed by atoms with Gasteiger partial charge in [-0.1, -0.05) is 86.6 Å². The highest BCUT2D eigenvalue weighted by molar-refractivity contribution is 7.89. The maximum absolute atomic E-state index is 13.2. The molecule has 33 heavy (non-hydrogen) atoms. The van der Waals surface area contributed by atoms with E-state index < -0.39 is 49.6 Å². The number of ether oxygens (including phenoxy) is 1. The Hall–Kier alpha value is -3.56. The van der Waals surface area contributed by atoms with E-state index in [0.29, 0.717) is 0 Å². The number of carbonyl (C=O) groups is 1. The summed E-state index contributed by atoms with van der Waals surface area (Å²) in [5.74, 6) is -1.27. The molecule has 1 N–H and O–H groups in total. The fourth-order valence-corrected chi connectivity index (χ4v) is 4.80. The molecule has 0 aromatic heterocycles. The molecule has 0 unspecified atom stereocenters. The summed E-state index contributed by atoms with van der Waals surface area (Å²) in [4.78, 5) is 23.2. The predicted molar refractivity (Wildman–Crippen MR) is 123 cm³/mol. The van der Waals surface area contributed by atoms with Gasteiger partial charge in [-0.2, -0.15) is 4.72 Å². The van der Waals surface area contributed by atoms with Crippen molar-refractivity contribution in [1.82, 2.24) is 4.72 Å². The van der Waals surface area contributed by atoms with Gasteiger partial charge in [-0.15, -0.1) is 0 Å². The monoisotopic (exact) mass is 468 g/mol. The zero-order chi connectivity index (χ0) is 24.0. The van der Waals surface area contributed by atoms with Crippen molar-refractivity contribution in [2.24, 2.45) is 5.92 Å². The smallest absolute Gasteiger partial charge is 0.325 e. The molecular weight excluding hydrogens is 444 g/mol. The summed E-state index contributed by atoms with van der Waals surface area (Å²) in [6, 6.07) is 21.9. The normalized spacial score (nSPS) is 12.5. The second-order valence-corrected chi connectivity index (χ2v) is 9.39. The zero-order valence-electron chi connectivity index (χ0n) is 18.1. The summed E-state index contributed by atoms with van der Waals surface area (Å²) in [6.45, 7) is 3.32. The van der Waals surface area contributed by atoms with Crippen LogP contribution < -0.4 is 4.72 Å². The first-order valence-corrected chi connectivity index (χ1v) is 11.7. The lowest BCUT2D eigenvalue weighted by atomic mass is 10.0. The lowest BCUT2D eigenvalue weighted by molar-refractivity contribution is -0.387. The number of nitrogens with one attached hydrogen (secondary N) is 1. The fraction of sp³-hybridized carbons (Fsp3) is 0.208. The molecule has 0 aliphatic rings. The van der Waals surface area contributed by atoms with Crippen molar-refractivity contribution in [1.29, 1.82) is 0 Å². The number of hydrogen-bond acceptors (Lipinski definition) is 6. The minimum Gasteiger partial charge on any atom is -0.451 e. The SMILES string of the molecule is CC(C)[C@H](NS(=O)(=O)c1ccccc1[N+](=O)[O-])C(=O)OC(c1ccccc1)c1ccccc1. The van der Waals surface area contributed by atoms with Crippen LogP contribution >= 0.6 is 0 Å². The number of nitro groups is 1. The third-order valence-corrected chi connectivity index (χ3v) is 6.48. The number of esters is 1. The quantitative estimate of drug-likeness (QED) is 0.285. The van der Waals surface area contributed by atoms with Crippen LogP contribution in [0.25, 0.3) is 0 Å². The van der Waals surface area contributed by atoms with E-state index in [9.17, 15) is 23.3 Å². The second kappa shape index (κ2) is 10.4. The Morgan fingerprint density at radius 3 is 1.85 bits per heavy atom. The molecule has 0 heterocycles. The standard InChI is InChI=1S/C24H24N2O6S/c1-17(2)22(25-33(30,31)21-16-10-9-15-20(21)26(28)29)24(27)32-23(18-11-5-3-6-12-18)19-13-7-4-8-14-19/h3-17,22-23,25H,1-2H3/t22-/m0/s1. The van der Waals surface area contributed by atoms with Gasteiger partial charge in [0.1, 0.15) is 6.04 Å². The number of rotatable bonds is 9. The van der Waals surface area contributed by atoms with E-state index in [1.165, 1.54) is 12.1 Å². The predicted octanol–water partition coefficient (Wildman–Crippen LogP) is 4.23. The van der Waals surface area contributed by atoms with Crippen LogP contribution in [0, 0.1) is 16.0 Å². The molecular formula is C24H24N2O6S. The van der Waals surface area contributed by atoms with Crippen LogP contribution in [0.3, 0.4) is 0 Å². The molecule has 3 aromatic carbocycles. The van der Waals surface area contributed by atoms with Crippen molar-refractivity contribution in [2.45, 2.75) is 30.9 Å². The van der Waals surface area contributed by atoms with Gasteiger partial charge in [-0.25, -0.2) is 8.42 Å². The Labute approximate surface area is 192 Å². The maximum atomic E-state index is 13.2. The molecule has 172 valence electrons. The van der Waals surface area contributed by atoms with Crippen molar-refractivity contribution in [3.63, 3.8) is 0 Å². The number of sulfonamides is 1. The van der Waals surface area contributed by atoms with Crippen molar-refractivity contribution < 1.29 is 22.9 Å². The van der Waals surface area contributed by atoms with E-state index in [0.717, 1.165) is 23.3 Å². The van der Waals surface area contributed by atoms with Crippen LogP contribution in [0.2, 0.25) is 0 Å². The van der Waals surface area contributed by atoms with Gasteiger partial charge in [-0.3, -0.25) is 14.9 Å². The van der Waals surface area contributed by atoms with E-state index >= 15 is 0 Å². The molecule has 0 fully saturated rings. The van der Waals surface area contributed by atoms with Crippen molar-refractivity contribution in [2.75, 3.05) is 0 Å². The van der Waals surface area contributed by atoms with E-state index in [1.54, 1.807) is 13.8 Å². The average molecular weight is 469 g/mol. The molecule has 8 nitrogen and oxygen atoms in total. The Bertz CT molecular complexity index is 1170. The summed E-state index contributed by atoms with van der Waals surface area (Å²) in [7, 11) is -4.38. The van der Waals surface area contributed by atoms with Gasteiger partial charge in [-0.05, 0) is 23.1 Å². The first kappa shape index (κ1) is 24.1. The van der Waals surface area contributed by atoms with Crippen LogP contribution in [0.1, 0.15) is 31.1 Å². The van der Waals surface area contributed by atoms with Crippen LogP contribution in [0.5, 0.6) is 0 Å². The van der Waals surface area contributed by atoms with E-state index in [2.05, 4.69) is 4.72 Å². The summed E-state index contributed by atoms with van der Waals surface area (Å²) in [5.41, 5.74) is 0.870. The highest BCUT2D eigenvalue weighted by Gasteiger charge is 2.34. The van der Waals surface area contributed by atoms with Crippen molar-refractivity contribution in [3.8, 4) is 0 Å². The molecule has 0 aliphatic carbocycles. The van der Waals surface area contributed by atoms with Crippen LogP contribution in [0.4, 0.5) is 5.69 Å². The first-order chi connectivity index (χ1) is 15.7. The molecule has 0 saturated carbocycles. The lowest BCUT2D eigenvalue weighted by Gasteiger charge is -2.25. The number of carbonyl (C=O) groups excluding carboxylic acids is 1. The molecule has 0 radical (unpaired) electrons. The Morgan fingerprint density at radius 1 is 0.879 bits per heavy atom. The van der Waals surface area contributed by atoms with Crippen molar-refractivity contribution >= 4 is 21.7 Å². The second-order valence-electron chi connectivity index (χ2n) is 7.71. The lowest BCUT2D eigenvalue weighted by Crippen LogP contribution is -2.45. The fourth-order valence-electron chi connectivity index (χ4n) is 3.30. The van der Waals surface area contributed by atoms with Gasteiger partial charge in [0, 0.05) is 6.07 Å². The topological polar surface area (TPSA) is 116 Å². The third-order valence-electron chi connectivity index (χ3n) is 4.99. The minimum atomic E-state index is -4.38. The molecule has 1 atom stereocenters. The molecule has 9 heteroatoms. The summed E-state index contributed by atoms with van der Waals surface area (Å²) >= 11 is 0. The molecule has 3 rings (SSSR count). The minimum absolute atomic E-state index is 0.484. The van der Waals surface area contributed by atoms with E-state index in [4.69, 9.17) is 4.74 Å². The van der Waals surface area contributed by atoms with Gasteiger partial charge in [0.25, 0.3) is 5.69 Å². The van der Waals surface area contributed by atoms with E-state index in [1.807, 2.05) is 60.7 Å². The zero-order valence-corrected chi connectivity index (χ0v) is 18.9. The summed E-state index contributed by atoms with van der Waals surface area (Å²) < 4.78 is 34.1. The average Bonchev–Trinajstić information content (AvgIpc) is 2.81. The summed E-state index contributed by atoms with van der Waals surface area (Å²) in [6.07, 6.45) is -0.753. The molecule has 0 spiro atoms. The molecule has 0 amide bonds. The van der Waals surface area contributed by atoms with E-state index in [-0.39, 0.29) is 0 Å². The van der Waals surface area contributed by atoms with Crippen LogP contribution in [-0.4, -0.2) is 25.4 Å². The van der Waals surface area contributed by atoms with Gasteiger partial charge in [0.05, 0.1) is 4.92 Å². The van der Waals surface area contributed by atoms with Crippen LogP contribution in [0.15, 0.2) is 89.8 Å². The highest BCUT2D eigenvalue weighted by Crippen LogP contribution is 2.28. The molecule has 0 saturated heterocycles. The molecule has 3 aromatic rings. The number of benzene rings is 3. The first-order valence-electron chi connectivity index (χ1n) is 10.3. The number of nitro benzene ring substituents is 1. The Balaban J connectivity index is 1.92. The van der Waals surface area contributed by atoms with Gasteiger partial charge in [0.15, 0.2) is 11.0 Å². The van der Waals surface area contributed by atoms with Gasteiger partial charge in [0.2, 0.25) is 10.0 Å². The largest absolute Gasteiger partial charge is 0.451 e. The number of hydrogen-bond donors (Lipinski definition) is 1. The highest BCUT2D eigenvalue weighted by atomic mass is 32.2. The van der Waals surface area contributed by atoms with Crippen LogP contribution in [-0.2, 0) is 19.6 Å². The maximum Gasteiger partial charge on any atom is 0.325 e. The molecule has 0 aliphatic heterocycles. The van der Waals surface area contributed by atoms with Gasteiger partial charge < -0.3 is 4.74 Å². The Morgan fingerprint density at radius 2 is 1.36 bits per heavy atom. The molecule has 0 bridgehead atoms.